The summed E-state index contributed by atoms with van der Waals surface area (Å²) >= 11 is 6.34. The van der Waals surface area contributed by atoms with Gasteiger partial charge in [0, 0.05) is 16.1 Å². The summed E-state index contributed by atoms with van der Waals surface area (Å²) in [6.45, 7) is 3.91. The smallest absolute Gasteiger partial charge is 0.225 e. The molecule has 0 unspecified atom stereocenters. The van der Waals surface area contributed by atoms with Crippen molar-refractivity contribution in [2.75, 3.05) is 0 Å². The predicted octanol–water partition coefficient (Wildman–Crippen LogP) is 5.33. The van der Waals surface area contributed by atoms with Crippen LogP contribution in [0.25, 0.3) is 5.69 Å². The fraction of sp³-hybridized carbons (Fsp3) is 0.120. The molecule has 1 aliphatic heterocycles. The average Bonchev–Trinajstić information content (AvgIpc) is 3.02. The van der Waals surface area contributed by atoms with E-state index in [-0.39, 0.29) is 16.5 Å². The van der Waals surface area contributed by atoms with Crippen LogP contribution in [-0.2, 0) is 16.4 Å². The van der Waals surface area contributed by atoms with Crippen molar-refractivity contribution < 1.29 is 8.42 Å². The molecule has 7 heteroatoms. The van der Waals surface area contributed by atoms with E-state index in [1.165, 1.54) is 0 Å². The molecule has 160 valence electrons. The minimum absolute atomic E-state index is 0.0396. The van der Waals surface area contributed by atoms with Gasteiger partial charge in [0.25, 0.3) is 0 Å². The van der Waals surface area contributed by atoms with Gasteiger partial charge in [-0.2, -0.15) is 0 Å². The van der Waals surface area contributed by atoms with Crippen molar-refractivity contribution in [2.45, 2.75) is 30.3 Å². The van der Waals surface area contributed by atoms with Gasteiger partial charge < -0.3 is 0 Å². The van der Waals surface area contributed by atoms with Crippen LogP contribution in [0, 0.1) is 13.8 Å². The number of aromatic nitrogens is 2. The first kappa shape index (κ1) is 20.7. The summed E-state index contributed by atoms with van der Waals surface area (Å²) in [6, 6.07) is 22.2. The molecule has 0 saturated carbocycles. The van der Waals surface area contributed by atoms with Gasteiger partial charge in [-0.1, -0.05) is 59.6 Å². The van der Waals surface area contributed by atoms with Gasteiger partial charge in [-0.3, -0.25) is 9.56 Å². The standard InChI is InChI=1S/C25H20ClN3O2S/c1-16-8-11-20(12-9-16)32(30,31)25-23-15-27-24(18-6-4-3-5-7-18)21-14-19(26)10-13-22(21)29(23)17(2)28-25/h3-14H,15H2,1-2H3. The molecule has 0 radical (unpaired) electrons. The summed E-state index contributed by atoms with van der Waals surface area (Å²) in [7, 11) is -3.81. The molecule has 0 N–H and O–H groups in total. The summed E-state index contributed by atoms with van der Waals surface area (Å²) in [4.78, 5) is 9.56. The van der Waals surface area contributed by atoms with E-state index in [0.29, 0.717) is 16.5 Å². The summed E-state index contributed by atoms with van der Waals surface area (Å²) in [5.41, 5.74) is 4.88. The maximum Gasteiger partial charge on any atom is 0.225 e. The molecule has 2 heterocycles. The first-order chi connectivity index (χ1) is 15.4. The number of sulfone groups is 1. The first-order valence-electron chi connectivity index (χ1n) is 10.2. The Morgan fingerprint density at radius 1 is 0.938 bits per heavy atom. The minimum atomic E-state index is -3.81. The molecule has 1 aliphatic rings. The first-order valence-corrected chi connectivity index (χ1v) is 12.0. The molecule has 0 atom stereocenters. The number of rotatable bonds is 3. The van der Waals surface area contributed by atoms with Crippen LogP contribution in [-0.4, -0.2) is 23.7 Å². The maximum atomic E-state index is 13.5. The molecule has 0 bridgehead atoms. The lowest BCUT2D eigenvalue weighted by Crippen LogP contribution is -2.08. The molecule has 0 amide bonds. The highest BCUT2D eigenvalue weighted by atomic mass is 35.5. The lowest BCUT2D eigenvalue weighted by Gasteiger charge is -2.13. The Kier molecular flexibility index (Phi) is 4.99. The number of fused-ring (bicyclic) bond motifs is 3. The average molecular weight is 462 g/mol. The molecule has 0 saturated heterocycles. The fourth-order valence-electron chi connectivity index (χ4n) is 4.03. The van der Waals surface area contributed by atoms with Gasteiger partial charge in [0.15, 0.2) is 5.03 Å². The Bertz CT molecular complexity index is 1470. The van der Waals surface area contributed by atoms with Crippen LogP contribution in [0.2, 0.25) is 5.02 Å². The molecule has 32 heavy (non-hydrogen) atoms. The normalized spacial score (nSPS) is 13.2. The van der Waals surface area contributed by atoms with Crippen molar-refractivity contribution in [3.8, 4) is 5.69 Å². The largest absolute Gasteiger partial charge is 0.297 e. The third-order valence-electron chi connectivity index (χ3n) is 5.58. The van der Waals surface area contributed by atoms with Gasteiger partial charge >= 0.3 is 0 Å². The number of imidazole rings is 1. The number of aliphatic imine (C=N–C) groups is 1. The Labute approximate surface area is 192 Å². The van der Waals surface area contributed by atoms with E-state index in [1.807, 2.05) is 60.9 Å². The zero-order valence-electron chi connectivity index (χ0n) is 17.6. The maximum absolute atomic E-state index is 13.5. The Hall–Kier alpha value is -3.22. The molecule has 5 rings (SSSR count). The number of hydrogen-bond donors (Lipinski definition) is 0. The number of hydrogen-bond acceptors (Lipinski definition) is 4. The third kappa shape index (κ3) is 3.36. The van der Waals surface area contributed by atoms with Crippen molar-refractivity contribution in [2.24, 2.45) is 4.99 Å². The van der Waals surface area contributed by atoms with Crippen LogP contribution in [0.5, 0.6) is 0 Å². The van der Waals surface area contributed by atoms with E-state index in [9.17, 15) is 8.42 Å². The van der Waals surface area contributed by atoms with Crippen molar-refractivity contribution in [1.29, 1.82) is 0 Å². The minimum Gasteiger partial charge on any atom is -0.297 e. The monoisotopic (exact) mass is 461 g/mol. The van der Waals surface area contributed by atoms with Crippen LogP contribution in [0.3, 0.4) is 0 Å². The highest BCUT2D eigenvalue weighted by molar-refractivity contribution is 7.91. The van der Waals surface area contributed by atoms with Crippen molar-refractivity contribution in [1.82, 2.24) is 9.55 Å². The Morgan fingerprint density at radius 3 is 2.38 bits per heavy atom. The predicted molar refractivity (Wildman–Crippen MR) is 126 cm³/mol. The number of nitrogens with zero attached hydrogens (tertiary/aromatic N) is 3. The van der Waals surface area contributed by atoms with E-state index in [0.717, 1.165) is 28.1 Å². The van der Waals surface area contributed by atoms with Crippen LogP contribution in [0.4, 0.5) is 0 Å². The van der Waals surface area contributed by atoms with E-state index in [1.54, 1.807) is 30.3 Å². The van der Waals surface area contributed by atoms with E-state index in [2.05, 4.69) is 4.98 Å². The van der Waals surface area contributed by atoms with Gasteiger partial charge in [-0.05, 0) is 44.2 Å². The Balaban J connectivity index is 1.76. The molecule has 0 spiro atoms. The molecular weight excluding hydrogens is 442 g/mol. The molecule has 0 fully saturated rings. The van der Waals surface area contributed by atoms with Crippen molar-refractivity contribution >= 4 is 27.1 Å². The topological polar surface area (TPSA) is 64.3 Å². The second-order valence-corrected chi connectivity index (χ2v) is 10.1. The summed E-state index contributed by atoms with van der Waals surface area (Å²) in [6.07, 6.45) is 0. The van der Waals surface area contributed by atoms with E-state index >= 15 is 0 Å². The Morgan fingerprint density at radius 2 is 1.66 bits per heavy atom. The summed E-state index contributed by atoms with van der Waals surface area (Å²) in [5, 5.41) is 0.624. The third-order valence-corrected chi connectivity index (χ3v) is 7.54. The van der Waals surface area contributed by atoms with E-state index < -0.39 is 9.84 Å². The fourth-order valence-corrected chi connectivity index (χ4v) is 5.64. The van der Waals surface area contributed by atoms with Crippen molar-refractivity contribution in [3.05, 3.63) is 106 Å². The second-order valence-electron chi connectivity index (χ2n) is 7.76. The molecule has 0 aliphatic carbocycles. The number of aryl methyl sites for hydroxylation is 2. The highest BCUT2D eigenvalue weighted by Gasteiger charge is 2.31. The zero-order valence-corrected chi connectivity index (χ0v) is 19.2. The van der Waals surface area contributed by atoms with Crippen molar-refractivity contribution in [3.63, 3.8) is 0 Å². The number of benzene rings is 3. The van der Waals surface area contributed by atoms with Crippen LogP contribution in [0.1, 0.15) is 28.2 Å². The lowest BCUT2D eigenvalue weighted by molar-refractivity contribution is 0.591. The van der Waals surface area contributed by atoms with E-state index in [4.69, 9.17) is 16.6 Å². The highest BCUT2D eigenvalue weighted by Crippen LogP contribution is 2.33. The second kappa shape index (κ2) is 7.73. The zero-order chi connectivity index (χ0) is 22.5. The number of halogens is 1. The summed E-state index contributed by atoms with van der Waals surface area (Å²) in [5.74, 6) is 0.582. The molecule has 1 aromatic heterocycles. The van der Waals surface area contributed by atoms with Gasteiger partial charge in [0.1, 0.15) is 5.82 Å². The molecule has 4 aromatic rings. The molecule has 3 aromatic carbocycles. The van der Waals surface area contributed by atoms with Gasteiger partial charge in [0.05, 0.1) is 28.5 Å². The van der Waals surface area contributed by atoms with Gasteiger partial charge in [-0.25, -0.2) is 13.4 Å². The van der Waals surface area contributed by atoms with Crippen LogP contribution >= 0.6 is 11.6 Å². The molecule has 5 nitrogen and oxygen atoms in total. The molecular formula is C25H20ClN3O2S. The lowest BCUT2D eigenvalue weighted by atomic mass is 10.0. The SMILES string of the molecule is Cc1ccc(S(=O)(=O)c2nc(C)n3c2CN=C(c2ccccc2)c2cc(Cl)ccc2-3)cc1. The van der Waals surface area contributed by atoms with Gasteiger partial charge in [-0.15, -0.1) is 0 Å². The van der Waals surface area contributed by atoms with Gasteiger partial charge in [0.2, 0.25) is 9.84 Å². The van der Waals surface area contributed by atoms with Crippen LogP contribution in [0.15, 0.2) is 87.7 Å². The summed E-state index contributed by atoms with van der Waals surface area (Å²) < 4.78 is 28.9. The van der Waals surface area contributed by atoms with Crippen LogP contribution < -0.4 is 0 Å². The quantitative estimate of drug-likeness (QED) is 0.414.